The Morgan fingerprint density at radius 2 is 2.00 bits per heavy atom. The first kappa shape index (κ1) is 14.1. The van der Waals surface area contributed by atoms with Crippen molar-refractivity contribution in [2.75, 3.05) is 5.32 Å². The topological polar surface area (TPSA) is 79.3 Å². The smallest absolute Gasteiger partial charge is 0.337 e. The fourth-order valence-corrected chi connectivity index (χ4v) is 1.74. The molecule has 1 aromatic heterocycles. The van der Waals surface area contributed by atoms with Gasteiger partial charge < -0.3 is 10.4 Å². The molecule has 1 aromatic carbocycles. The number of carbonyl (C=O) groups is 2. The molecule has 0 saturated carbocycles. The van der Waals surface area contributed by atoms with Crippen LogP contribution in [0.3, 0.4) is 0 Å². The quantitative estimate of drug-likeness (QED) is 0.901. The van der Waals surface area contributed by atoms with Crippen LogP contribution in [0.15, 0.2) is 41.0 Å². The average molecular weight is 339 g/mol. The van der Waals surface area contributed by atoms with Crippen molar-refractivity contribution in [2.24, 2.45) is 0 Å². The highest BCUT2D eigenvalue weighted by Crippen LogP contribution is 2.18. The summed E-state index contributed by atoms with van der Waals surface area (Å²) in [6.45, 7) is 0. The molecule has 2 aromatic rings. The second-order valence-electron chi connectivity index (χ2n) is 3.81. The molecular weight excluding hydrogens is 331 g/mol. The zero-order chi connectivity index (χ0) is 14.7. The minimum atomic E-state index is -1.26. The Kier molecular flexibility index (Phi) is 4.09. The Labute approximate surface area is 121 Å². The molecule has 102 valence electrons. The van der Waals surface area contributed by atoms with Gasteiger partial charge in [0, 0.05) is 10.7 Å². The lowest BCUT2D eigenvalue weighted by Crippen LogP contribution is -2.16. The largest absolute Gasteiger partial charge is 0.478 e. The third-order valence-corrected chi connectivity index (χ3v) is 2.89. The van der Waals surface area contributed by atoms with Gasteiger partial charge >= 0.3 is 5.97 Å². The average Bonchev–Trinajstić information content (AvgIpc) is 2.39. The molecule has 0 aliphatic heterocycles. The first-order valence-electron chi connectivity index (χ1n) is 5.43. The van der Waals surface area contributed by atoms with E-state index in [0.29, 0.717) is 4.47 Å². The fourth-order valence-electron chi connectivity index (χ4n) is 1.50. The summed E-state index contributed by atoms with van der Waals surface area (Å²) >= 11 is 3.18. The highest BCUT2D eigenvalue weighted by molar-refractivity contribution is 9.10. The Balaban J connectivity index is 2.29. The van der Waals surface area contributed by atoms with Gasteiger partial charge in [0.2, 0.25) is 0 Å². The zero-order valence-electron chi connectivity index (χ0n) is 9.93. The van der Waals surface area contributed by atoms with Crippen molar-refractivity contribution >= 4 is 33.5 Å². The van der Waals surface area contributed by atoms with Gasteiger partial charge in [0.1, 0.15) is 11.5 Å². The van der Waals surface area contributed by atoms with Gasteiger partial charge in [-0.25, -0.2) is 14.2 Å². The number of hydrogen-bond donors (Lipinski definition) is 2. The Bertz CT molecular complexity index is 674. The molecule has 20 heavy (non-hydrogen) atoms. The second-order valence-corrected chi connectivity index (χ2v) is 4.73. The standard InChI is InChI=1S/C13H8BrFN2O3/c14-7-1-4-10(16-6-7)12(18)17-11-5-8(15)2-3-9(11)13(19)20/h1-6H,(H,17,18)(H,19,20). The van der Waals surface area contributed by atoms with Gasteiger partial charge in [-0.05, 0) is 46.3 Å². The molecule has 0 bridgehead atoms. The molecule has 2 N–H and O–H groups in total. The number of anilines is 1. The van der Waals surface area contributed by atoms with E-state index in [-0.39, 0.29) is 16.9 Å². The molecule has 0 atom stereocenters. The lowest BCUT2D eigenvalue weighted by atomic mass is 10.1. The molecule has 0 fully saturated rings. The van der Waals surface area contributed by atoms with Crippen LogP contribution in [-0.2, 0) is 0 Å². The molecular formula is C13H8BrFN2O3. The van der Waals surface area contributed by atoms with Crippen LogP contribution < -0.4 is 5.32 Å². The summed E-state index contributed by atoms with van der Waals surface area (Å²) in [6.07, 6.45) is 1.43. The van der Waals surface area contributed by atoms with Crippen LogP contribution >= 0.6 is 15.9 Å². The number of nitrogens with zero attached hydrogens (tertiary/aromatic N) is 1. The number of aromatic nitrogens is 1. The zero-order valence-corrected chi connectivity index (χ0v) is 11.5. The number of pyridine rings is 1. The van der Waals surface area contributed by atoms with Gasteiger partial charge in [0.15, 0.2) is 0 Å². The Morgan fingerprint density at radius 3 is 2.60 bits per heavy atom. The number of nitrogens with one attached hydrogen (secondary N) is 1. The molecule has 5 nitrogen and oxygen atoms in total. The van der Waals surface area contributed by atoms with Gasteiger partial charge in [-0.1, -0.05) is 0 Å². The van der Waals surface area contributed by atoms with Crippen molar-refractivity contribution in [3.05, 3.63) is 58.1 Å². The third-order valence-electron chi connectivity index (χ3n) is 2.42. The molecule has 0 spiro atoms. The van der Waals surface area contributed by atoms with Crippen LogP contribution in [0, 0.1) is 5.82 Å². The summed E-state index contributed by atoms with van der Waals surface area (Å²) < 4.78 is 13.9. The molecule has 0 unspecified atom stereocenters. The van der Waals surface area contributed by atoms with Crippen LogP contribution in [0.4, 0.5) is 10.1 Å². The van der Waals surface area contributed by atoms with E-state index < -0.39 is 17.7 Å². The molecule has 2 rings (SSSR count). The van der Waals surface area contributed by atoms with Crippen molar-refractivity contribution < 1.29 is 19.1 Å². The minimum Gasteiger partial charge on any atom is -0.478 e. The summed E-state index contributed by atoms with van der Waals surface area (Å²) in [5.74, 6) is -2.52. The molecule has 0 aliphatic rings. The number of carboxylic acids is 1. The van der Waals surface area contributed by atoms with E-state index in [1.807, 2.05) is 0 Å². The number of rotatable bonds is 3. The van der Waals surface area contributed by atoms with Crippen molar-refractivity contribution in [3.63, 3.8) is 0 Å². The molecule has 0 aliphatic carbocycles. The summed E-state index contributed by atoms with van der Waals surface area (Å²) in [5.41, 5.74) is -0.224. The van der Waals surface area contributed by atoms with Crippen LogP contribution in [0.25, 0.3) is 0 Å². The van der Waals surface area contributed by atoms with Crippen LogP contribution in [-0.4, -0.2) is 22.0 Å². The molecule has 0 saturated heterocycles. The Morgan fingerprint density at radius 1 is 1.25 bits per heavy atom. The van der Waals surface area contributed by atoms with E-state index in [4.69, 9.17) is 5.11 Å². The van der Waals surface area contributed by atoms with Crippen LogP contribution in [0.1, 0.15) is 20.8 Å². The molecule has 1 heterocycles. The SMILES string of the molecule is O=C(Nc1cc(F)ccc1C(=O)O)c1ccc(Br)cn1. The van der Waals surface area contributed by atoms with E-state index in [1.54, 1.807) is 6.07 Å². The molecule has 1 amide bonds. The van der Waals surface area contributed by atoms with Crippen molar-refractivity contribution in [3.8, 4) is 0 Å². The lowest BCUT2D eigenvalue weighted by Gasteiger charge is -2.08. The first-order chi connectivity index (χ1) is 9.47. The molecule has 7 heteroatoms. The van der Waals surface area contributed by atoms with Crippen LogP contribution in [0.2, 0.25) is 0 Å². The van der Waals surface area contributed by atoms with E-state index in [2.05, 4.69) is 26.2 Å². The first-order valence-corrected chi connectivity index (χ1v) is 6.22. The lowest BCUT2D eigenvalue weighted by molar-refractivity contribution is 0.0698. The number of carbonyl (C=O) groups excluding carboxylic acids is 1. The van der Waals surface area contributed by atoms with E-state index in [9.17, 15) is 14.0 Å². The number of carboxylic acid groups (broad SMARTS) is 1. The fraction of sp³-hybridized carbons (Fsp3) is 0. The van der Waals surface area contributed by atoms with E-state index >= 15 is 0 Å². The van der Waals surface area contributed by atoms with E-state index in [1.165, 1.54) is 12.3 Å². The second kappa shape index (κ2) is 5.79. The summed E-state index contributed by atoms with van der Waals surface area (Å²) in [6, 6.07) is 6.12. The van der Waals surface area contributed by atoms with E-state index in [0.717, 1.165) is 18.2 Å². The third kappa shape index (κ3) is 3.18. The highest BCUT2D eigenvalue weighted by Gasteiger charge is 2.15. The van der Waals surface area contributed by atoms with Crippen LogP contribution in [0.5, 0.6) is 0 Å². The van der Waals surface area contributed by atoms with Crippen molar-refractivity contribution in [1.29, 1.82) is 0 Å². The number of aromatic carboxylic acids is 1. The van der Waals surface area contributed by atoms with Gasteiger partial charge in [0.05, 0.1) is 11.3 Å². The summed E-state index contributed by atoms with van der Waals surface area (Å²) in [7, 11) is 0. The maximum Gasteiger partial charge on any atom is 0.337 e. The minimum absolute atomic E-state index is 0.0915. The predicted molar refractivity (Wildman–Crippen MR) is 73.2 cm³/mol. The number of halogens is 2. The monoisotopic (exact) mass is 338 g/mol. The maximum atomic E-state index is 13.2. The summed E-state index contributed by atoms with van der Waals surface area (Å²) in [5, 5.41) is 11.3. The Hall–Kier alpha value is -2.28. The van der Waals surface area contributed by atoms with Crippen molar-refractivity contribution in [2.45, 2.75) is 0 Å². The number of benzene rings is 1. The normalized spacial score (nSPS) is 10.1. The van der Waals surface area contributed by atoms with Crippen molar-refractivity contribution in [1.82, 2.24) is 4.98 Å². The highest BCUT2D eigenvalue weighted by atomic mass is 79.9. The van der Waals surface area contributed by atoms with Gasteiger partial charge in [-0.2, -0.15) is 0 Å². The number of hydrogen-bond acceptors (Lipinski definition) is 3. The predicted octanol–water partition coefficient (Wildman–Crippen LogP) is 2.93. The molecule has 0 radical (unpaired) electrons. The maximum absolute atomic E-state index is 13.2. The van der Waals surface area contributed by atoms with Gasteiger partial charge in [-0.15, -0.1) is 0 Å². The van der Waals surface area contributed by atoms with Gasteiger partial charge in [-0.3, -0.25) is 4.79 Å². The van der Waals surface area contributed by atoms with Gasteiger partial charge in [0.25, 0.3) is 5.91 Å². The number of amides is 1. The summed E-state index contributed by atoms with van der Waals surface area (Å²) in [4.78, 5) is 26.8.